The molecule has 0 radical (unpaired) electrons. The van der Waals surface area contributed by atoms with Crippen molar-refractivity contribution in [2.45, 2.75) is 32.2 Å². The van der Waals surface area contributed by atoms with Crippen LogP contribution in [0.15, 0.2) is 18.2 Å². The van der Waals surface area contributed by atoms with E-state index in [1.54, 1.807) is 0 Å². The minimum Gasteiger partial charge on any atom is -0.480 e. The van der Waals surface area contributed by atoms with Crippen molar-refractivity contribution in [1.82, 2.24) is 4.90 Å². The molecule has 1 unspecified atom stereocenters. The maximum Gasteiger partial charge on any atom is 0.326 e. The lowest BCUT2D eigenvalue weighted by atomic mass is 9.99. The van der Waals surface area contributed by atoms with Gasteiger partial charge in [-0.2, -0.15) is 0 Å². The van der Waals surface area contributed by atoms with Gasteiger partial charge in [0.05, 0.1) is 4.92 Å². The molecule has 7 nitrogen and oxygen atoms in total. The molecule has 1 N–H and O–H groups in total. The highest BCUT2D eigenvalue weighted by Crippen LogP contribution is 2.25. The minimum absolute atomic E-state index is 0.135. The van der Waals surface area contributed by atoms with E-state index in [-0.39, 0.29) is 16.8 Å². The molecule has 1 aromatic rings. The van der Waals surface area contributed by atoms with Crippen molar-refractivity contribution in [2.75, 3.05) is 6.54 Å². The molecule has 112 valence electrons. The third-order valence-corrected chi connectivity index (χ3v) is 3.78. The molecular formula is C14H16N2O5. The Balaban J connectivity index is 2.37. The summed E-state index contributed by atoms with van der Waals surface area (Å²) in [5, 5.41) is 20.1. The van der Waals surface area contributed by atoms with Crippen LogP contribution in [0.5, 0.6) is 0 Å². The van der Waals surface area contributed by atoms with Crippen molar-refractivity contribution in [2.24, 2.45) is 0 Å². The molecule has 1 aliphatic rings. The van der Waals surface area contributed by atoms with Gasteiger partial charge in [0.2, 0.25) is 0 Å². The molecule has 7 heteroatoms. The van der Waals surface area contributed by atoms with Gasteiger partial charge in [0, 0.05) is 23.7 Å². The Hall–Kier alpha value is -2.44. The van der Waals surface area contributed by atoms with Gasteiger partial charge in [-0.3, -0.25) is 14.9 Å². The maximum atomic E-state index is 12.6. The molecule has 1 aliphatic heterocycles. The number of hydrogen-bond acceptors (Lipinski definition) is 4. The van der Waals surface area contributed by atoms with E-state index in [9.17, 15) is 24.8 Å². The second kappa shape index (κ2) is 5.90. The summed E-state index contributed by atoms with van der Waals surface area (Å²) in [5.74, 6) is -1.49. The van der Waals surface area contributed by atoms with Gasteiger partial charge in [-0.1, -0.05) is 6.07 Å². The van der Waals surface area contributed by atoms with Crippen LogP contribution in [0.25, 0.3) is 0 Å². The zero-order valence-electron chi connectivity index (χ0n) is 11.6. The predicted molar refractivity (Wildman–Crippen MR) is 74.1 cm³/mol. The molecular weight excluding hydrogens is 276 g/mol. The summed E-state index contributed by atoms with van der Waals surface area (Å²) >= 11 is 0. The number of carboxylic acid groups (broad SMARTS) is 1. The van der Waals surface area contributed by atoms with Crippen LogP contribution in [0.4, 0.5) is 5.69 Å². The summed E-state index contributed by atoms with van der Waals surface area (Å²) < 4.78 is 0. The van der Waals surface area contributed by atoms with E-state index in [2.05, 4.69) is 0 Å². The topological polar surface area (TPSA) is 101 Å². The number of nitro benzene ring substituents is 1. The number of carbonyl (C=O) groups is 2. The Morgan fingerprint density at radius 2 is 2.10 bits per heavy atom. The highest BCUT2D eigenvalue weighted by molar-refractivity contribution is 5.98. The zero-order valence-corrected chi connectivity index (χ0v) is 11.6. The molecule has 21 heavy (non-hydrogen) atoms. The second-order valence-corrected chi connectivity index (χ2v) is 5.06. The first kappa shape index (κ1) is 15.0. The van der Waals surface area contributed by atoms with Crippen molar-refractivity contribution in [1.29, 1.82) is 0 Å². The summed E-state index contributed by atoms with van der Waals surface area (Å²) in [4.78, 5) is 35.5. The molecule has 0 aliphatic carbocycles. The number of carboxylic acids is 1. The number of aliphatic carboxylic acids is 1. The maximum absolute atomic E-state index is 12.6. The Bertz CT molecular complexity index is 599. The summed E-state index contributed by atoms with van der Waals surface area (Å²) in [5.41, 5.74) is 0.323. The normalized spacial score (nSPS) is 18.3. The van der Waals surface area contributed by atoms with Gasteiger partial charge >= 0.3 is 5.97 Å². The number of amides is 1. The first-order valence-corrected chi connectivity index (χ1v) is 6.71. The third kappa shape index (κ3) is 2.86. The quantitative estimate of drug-likeness (QED) is 0.678. The third-order valence-electron chi connectivity index (χ3n) is 3.78. The van der Waals surface area contributed by atoms with Gasteiger partial charge in [0.15, 0.2) is 0 Å². The van der Waals surface area contributed by atoms with Gasteiger partial charge < -0.3 is 10.0 Å². The van der Waals surface area contributed by atoms with Crippen LogP contribution in [0.2, 0.25) is 0 Å². The van der Waals surface area contributed by atoms with Gasteiger partial charge in [-0.05, 0) is 32.3 Å². The molecule has 1 fully saturated rings. The first-order chi connectivity index (χ1) is 9.93. The SMILES string of the molecule is Cc1c(C(=O)N2CCCCC2C(=O)O)cccc1[N+](=O)[O-]. The van der Waals surface area contributed by atoms with Crippen LogP contribution in [0.3, 0.4) is 0 Å². The largest absolute Gasteiger partial charge is 0.480 e. The Kier molecular flexibility index (Phi) is 4.21. The van der Waals surface area contributed by atoms with Crippen LogP contribution in [-0.2, 0) is 4.79 Å². The second-order valence-electron chi connectivity index (χ2n) is 5.06. The fourth-order valence-corrected chi connectivity index (χ4v) is 2.64. The Morgan fingerprint density at radius 3 is 2.71 bits per heavy atom. The summed E-state index contributed by atoms with van der Waals surface area (Å²) in [6.07, 6.45) is 1.91. The summed E-state index contributed by atoms with van der Waals surface area (Å²) in [7, 11) is 0. The minimum atomic E-state index is -1.04. The number of piperidine rings is 1. The molecule has 0 bridgehead atoms. The fraction of sp³-hybridized carbons (Fsp3) is 0.429. The Morgan fingerprint density at radius 1 is 1.38 bits per heavy atom. The van der Waals surface area contributed by atoms with Crippen molar-refractivity contribution >= 4 is 17.6 Å². The molecule has 0 saturated carbocycles. The van der Waals surface area contributed by atoms with E-state index in [0.29, 0.717) is 13.0 Å². The highest BCUT2D eigenvalue weighted by Gasteiger charge is 2.33. The number of carbonyl (C=O) groups excluding carboxylic acids is 1. The average molecular weight is 292 g/mol. The van der Waals surface area contributed by atoms with E-state index in [0.717, 1.165) is 12.8 Å². The van der Waals surface area contributed by atoms with E-state index in [4.69, 9.17) is 0 Å². The van der Waals surface area contributed by atoms with Crippen molar-refractivity contribution < 1.29 is 19.6 Å². The summed E-state index contributed by atoms with van der Waals surface area (Å²) in [6, 6.07) is 3.41. The van der Waals surface area contributed by atoms with Crippen molar-refractivity contribution in [3.05, 3.63) is 39.4 Å². The lowest BCUT2D eigenvalue weighted by Crippen LogP contribution is -2.48. The van der Waals surface area contributed by atoms with Gasteiger partial charge in [0.25, 0.3) is 11.6 Å². The molecule has 1 aromatic carbocycles. The molecule has 2 rings (SSSR count). The smallest absolute Gasteiger partial charge is 0.326 e. The number of nitrogens with zero attached hydrogens (tertiary/aromatic N) is 2. The van der Waals surface area contributed by atoms with Crippen LogP contribution in [0, 0.1) is 17.0 Å². The predicted octanol–water partition coefficient (Wildman–Crippen LogP) is 1.98. The monoisotopic (exact) mass is 292 g/mol. The molecule has 0 spiro atoms. The van der Waals surface area contributed by atoms with Gasteiger partial charge in [-0.25, -0.2) is 4.79 Å². The molecule has 1 heterocycles. The van der Waals surface area contributed by atoms with Crippen molar-refractivity contribution in [3.63, 3.8) is 0 Å². The van der Waals surface area contributed by atoms with Crippen molar-refractivity contribution in [3.8, 4) is 0 Å². The van der Waals surface area contributed by atoms with Crippen LogP contribution < -0.4 is 0 Å². The number of rotatable bonds is 3. The number of benzene rings is 1. The average Bonchev–Trinajstić information content (AvgIpc) is 2.46. The molecule has 0 aromatic heterocycles. The van der Waals surface area contributed by atoms with Gasteiger partial charge in [0.1, 0.15) is 6.04 Å². The lowest BCUT2D eigenvalue weighted by Gasteiger charge is -2.33. The molecule has 1 atom stereocenters. The van der Waals surface area contributed by atoms with Crippen LogP contribution in [-0.4, -0.2) is 39.4 Å². The number of nitro groups is 1. The first-order valence-electron chi connectivity index (χ1n) is 6.71. The van der Waals surface area contributed by atoms with E-state index >= 15 is 0 Å². The molecule has 1 amide bonds. The molecule has 1 saturated heterocycles. The van der Waals surface area contributed by atoms with E-state index in [1.807, 2.05) is 0 Å². The number of likely N-dealkylation sites (tertiary alicyclic amines) is 1. The van der Waals surface area contributed by atoms with E-state index < -0.39 is 22.8 Å². The van der Waals surface area contributed by atoms with Crippen LogP contribution in [0.1, 0.15) is 35.2 Å². The summed E-state index contributed by atoms with van der Waals surface area (Å²) in [6.45, 7) is 1.86. The number of hydrogen-bond donors (Lipinski definition) is 1. The fourth-order valence-electron chi connectivity index (χ4n) is 2.64. The highest BCUT2D eigenvalue weighted by atomic mass is 16.6. The lowest BCUT2D eigenvalue weighted by molar-refractivity contribution is -0.385. The zero-order chi connectivity index (χ0) is 15.6. The van der Waals surface area contributed by atoms with Gasteiger partial charge in [-0.15, -0.1) is 0 Å². The Labute approximate surface area is 121 Å². The van der Waals surface area contributed by atoms with Crippen LogP contribution >= 0.6 is 0 Å². The van der Waals surface area contributed by atoms with E-state index in [1.165, 1.54) is 30.0 Å². The standard InChI is InChI=1S/C14H16N2O5/c1-9-10(5-4-7-11(9)16(20)21)13(17)15-8-3-2-6-12(15)14(18)19/h4-5,7,12H,2-3,6,8H2,1H3,(H,18,19).